The number of nitrogens with zero attached hydrogens (tertiary/aromatic N) is 1. The molecule has 2 aliphatic carbocycles. The van der Waals surface area contributed by atoms with Crippen molar-refractivity contribution >= 4 is 17.1 Å². The molecule has 59 heavy (non-hydrogen) atoms. The molecule has 0 radical (unpaired) electrons. The van der Waals surface area contributed by atoms with Gasteiger partial charge < -0.3 is 4.90 Å². The molecule has 1 nitrogen and oxygen atoms in total. The van der Waals surface area contributed by atoms with E-state index < -0.39 is 0 Å². The molecule has 1 spiro atoms. The first kappa shape index (κ1) is 35.0. The van der Waals surface area contributed by atoms with Crippen LogP contribution < -0.4 is 4.90 Å². The van der Waals surface area contributed by atoms with Crippen LogP contribution in [0, 0.1) is 0 Å². The lowest BCUT2D eigenvalue weighted by atomic mass is 9.55. The number of anilines is 3. The van der Waals surface area contributed by atoms with Crippen molar-refractivity contribution in [2.24, 2.45) is 0 Å². The predicted octanol–water partition coefficient (Wildman–Crippen LogP) is 15.2. The van der Waals surface area contributed by atoms with E-state index in [-0.39, 0.29) is 10.8 Å². The minimum absolute atomic E-state index is 0.109. The molecule has 1 heteroatoms. The number of para-hydroxylation sites is 1. The maximum atomic E-state index is 2.43. The average molecular weight is 754 g/mol. The van der Waals surface area contributed by atoms with Crippen molar-refractivity contribution in [3.63, 3.8) is 0 Å². The van der Waals surface area contributed by atoms with E-state index in [1.54, 1.807) is 0 Å². The van der Waals surface area contributed by atoms with E-state index in [9.17, 15) is 0 Å². The van der Waals surface area contributed by atoms with Crippen LogP contribution in [0.25, 0.3) is 44.5 Å². The van der Waals surface area contributed by atoms with Gasteiger partial charge >= 0.3 is 0 Å². The molecule has 0 aromatic heterocycles. The van der Waals surface area contributed by atoms with Crippen LogP contribution in [-0.2, 0) is 10.8 Å². The van der Waals surface area contributed by atoms with E-state index in [0.29, 0.717) is 0 Å². The maximum Gasteiger partial charge on any atom is 0.0719 e. The summed E-state index contributed by atoms with van der Waals surface area (Å²) in [5.74, 6) is 0. The van der Waals surface area contributed by atoms with Gasteiger partial charge in [0.25, 0.3) is 0 Å². The van der Waals surface area contributed by atoms with E-state index in [2.05, 4.69) is 243 Å². The number of rotatable bonds is 6. The zero-order valence-corrected chi connectivity index (χ0v) is 33.3. The Balaban J connectivity index is 0.961. The number of hydrogen-bond acceptors (Lipinski definition) is 1. The van der Waals surface area contributed by atoms with Crippen molar-refractivity contribution < 1.29 is 0 Å². The Morgan fingerprint density at radius 3 is 1.17 bits per heavy atom. The highest BCUT2D eigenvalue weighted by Gasteiger charge is 2.53. The van der Waals surface area contributed by atoms with Gasteiger partial charge in [-0.2, -0.15) is 0 Å². The van der Waals surface area contributed by atoms with Crippen LogP contribution >= 0.6 is 0 Å². The lowest BCUT2D eigenvalue weighted by molar-refractivity contribution is 0.563. The van der Waals surface area contributed by atoms with E-state index >= 15 is 0 Å². The van der Waals surface area contributed by atoms with Crippen molar-refractivity contribution in [3.05, 3.63) is 258 Å². The lowest BCUT2D eigenvalue weighted by Crippen LogP contribution is -2.40. The molecule has 9 aromatic rings. The van der Waals surface area contributed by atoms with Crippen molar-refractivity contribution in [1.29, 1.82) is 0 Å². The number of benzene rings is 9. The topological polar surface area (TPSA) is 3.24 Å². The van der Waals surface area contributed by atoms with Gasteiger partial charge in [0.15, 0.2) is 0 Å². The molecule has 0 amide bonds. The predicted molar refractivity (Wildman–Crippen MR) is 247 cm³/mol. The lowest BCUT2D eigenvalue weighted by Gasteiger charge is -2.46. The van der Waals surface area contributed by atoms with E-state index in [0.717, 1.165) is 17.1 Å². The summed E-state index contributed by atoms with van der Waals surface area (Å²) in [6.45, 7) is 4.76. The first-order valence-electron chi connectivity index (χ1n) is 20.7. The summed E-state index contributed by atoms with van der Waals surface area (Å²) in [5.41, 5.74) is 21.1. The Hall–Kier alpha value is -7.22. The molecule has 0 fully saturated rings. The van der Waals surface area contributed by atoms with Gasteiger partial charge in [0, 0.05) is 22.5 Å². The summed E-state index contributed by atoms with van der Waals surface area (Å²) < 4.78 is 0. The van der Waals surface area contributed by atoms with Gasteiger partial charge in [-0.15, -0.1) is 0 Å². The fourth-order valence-corrected chi connectivity index (χ4v) is 10.2. The largest absolute Gasteiger partial charge is 0.311 e. The molecule has 0 saturated carbocycles. The fourth-order valence-electron chi connectivity index (χ4n) is 10.2. The second-order valence-corrected chi connectivity index (χ2v) is 16.5. The van der Waals surface area contributed by atoms with Gasteiger partial charge in [0.05, 0.1) is 5.41 Å². The summed E-state index contributed by atoms with van der Waals surface area (Å²) in [5, 5.41) is 0. The third-order valence-corrected chi connectivity index (χ3v) is 13.0. The summed E-state index contributed by atoms with van der Waals surface area (Å²) in [6.07, 6.45) is 0. The Morgan fingerprint density at radius 2 is 0.627 bits per heavy atom. The average Bonchev–Trinajstić information content (AvgIpc) is 3.60. The van der Waals surface area contributed by atoms with Crippen molar-refractivity contribution in [2.45, 2.75) is 24.7 Å². The molecule has 0 saturated heterocycles. The first-order valence-corrected chi connectivity index (χ1v) is 20.7. The van der Waals surface area contributed by atoms with Gasteiger partial charge in [0.2, 0.25) is 0 Å². The molecule has 0 N–H and O–H groups in total. The van der Waals surface area contributed by atoms with Gasteiger partial charge in [0.1, 0.15) is 0 Å². The van der Waals surface area contributed by atoms with Crippen molar-refractivity contribution in [1.82, 2.24) is 0 Å². The molecule has 0 atom stereocenters. The van der Waals surface area contributed by atoms with Crippen LogP contribution in [0.2, 0.25) is 0 Å². The maximum absolute atomic E-state index is 2.43. The minimum Gasteiger partial charge on any atom is -0.311 e. The third-order valence-electron chi connectivity index (χ3n) is 13.0. The number of fused-ring (bicyclic) bond motifs is 9. The van der Waals surface area contributed by atoms with Gasteiger partial charge in [-0.3, -0.25) is 0 Å². The van der Waals surface area contributed by atoms with Gasteiger partial charge in [-0.05, 0) is 120 Å². The molecule has 9 aromatic carbocycles. The molecule has 0 unspecified atom stereocenters. The van der Waals surface area contributed by atoms with Gasteiger partial charge in [-0.1, -0.05) is 196 Å². The molecule has 0 bridgehead atoms. The summed E-state index contributed by atoms with van der Waals surface area (Å²) in [6, 6.07) is 82.7. The Bertz CT molecular complexity index is 2930. The van der Waals surface area contributed by atoms with Crippen LogP contribution in [0.4, 0.5) is 17.1 Å². The van der Waals surface area contributed by atoms with Crippen LogP contribution in [0.1, 0.15) is 47.2 Å². The van der Waals surface area contributed by atoms with E-state index in [4.69, 9.17) is 0 Å². The standard InChI is InChI=1S/C58H43N/c1-57(2)53-21-11-13-23-55(53)58(56-24-14-12-22-54(56)57)51-20-10-9-19-49(51)50-39-45(33-38-52(50)58)44-31-36-48(37-32-44)59(46-17-7-4-8-18-46)47-34-29-43(30-35-47)42-27-25-41(26-28-42)40-15-5-3-6-16-40/h3-39H,1-2H3. The molecule has 2 aliphatic rings. The zero-order valence-electron chi connectivity index (χ0n) is 33.3. The second kappa shape index (κ2) is 13.7. The molecule has 280 valence electrons. The fraction of sp³-hybridized carbons (Fsp3) is 0.0690. The minimum atomic E-state index is -0.381. The van der Waals surface area contributed by atoms with E-state index in [1.807, 2.05) is 0 Å². The Morgan fingerprint density at radius 1 is 0.271 bits per heavy atom. The van der Waals surface area contributed by atoms with Crippen LogP contribution in [0.5, 0.6) is 0 Å². The monoisotopic (exact) mass is 753 g/mol. The zero-order chi connectivity index (χ0) is 39.6. The normalized spacial score (nSPS) is 13.9. The van der Waals surface area contributed by atoms with Crippen LogP contribution in [0.15, 0.2) is 224 Å². The van der Waals surface area contributed by atoms with Crippen LogP contribution in [0.3, 0.4) is 0 Å². The molecule has 0 heterocycles. The highest BCUT2D eigenvalue weighted by Crippen LogP contribution is 2.62. The highest BCUT2D eigenvalue weighted by molar-refractivity contribution is 5.91. The summed E-state index contributed by atoms with van der Waals surface area (Å²) in [4.78, 5) is 2.34. The molecule has 0 aliphatic heterocycles. The Kier molecular flexibility index (Phi) is 8.13. The summed E-state index contributed by atoms with van der Waals surface area (Å²) in [7, 11) is 0. The summed E-state index contributed by atoms with van der Waals surface area (Å²) >= 11 is 0. The van der Waals surface area contributed by atoms with E-state index in [1.165, 1.54) is 77.9 Å². The molecular formula is C58H43N. The smallest absolute Gasteiger partial charge is 0.0719 e. The van der Waals surface area contributed by atoms with Gasteiger partial charge in [-0.25, -0.2) is 0 Å². The number of hydrogen-bond donors (Lipinski definition) is 0. The first-order chi connectivity index (χ1) is 29.0. The molecule has 11 rings (SSSR count). The van der Waals surface area contributed by atoms with Crippen LogP contribution in [-0.4, -0.2) is 0 Å². The Labute approximate surface area is 347 Å². The highest BCUT2D eigenvalue weighted by atomic mass is 15.1. The SMILES string of the molecule is CC1(C)c2ccccc2C2(c3ccccc3-c3cc(-c4ccc(N(c5ccccc5)c5ccc(-c6ccc(-c7ccccc7)cc6)cc5)cc4)ccc32)c2ccccc21. The second-order valence-electron chi connectivity index (χ2n) is 16.5. The van der Waals surface area contributed by atoms with Crippen molar-refractivity contribution in [3.8, 4) is 44.5 Å². The quantitative estimate of drug-likeness (QED) is 0.163. The third kappa shape index (κ3) is 5.46. The molecular weight excluding hydrogens is 711 g/mol. The van der Waals surface area contributed by atoms with Crippen molar-refractivity contribution in [2.75, 3.05) is 4.90 Å².